The first-order valence-electron chi connectivity index (χ1n) is 6.67. The topological polar surface area (TPSA) is 86.6 Å². The SMILES string of the molecule is O=C(O)C1=C(CC2CC2)SNC1(CC1CC1)C(=O)O. The van der Waals surface area contributed by atoms with Crippen molar-refractivity contribution in [3.8, 4) is 0 Å². The Kier molecular flexibility index (Phi) is 3.09. The Hall–Kier alpha value is -1.01. The lowest BCUT2D eigenvalue weighted by atomic mass is 9.84. The zero-order chi connectivity index (χ0) is 13.6. The Balaban J connectivity index is 1.94. The molecule has 0 saturated heterocycles. The standard InChI is InChI=1S/C13H17NO4S/c15-11(16)10-9(5-7-1-2-7)19-14-13(10,12(17)18)6-8-3-4-8/h7-8,14H,1-6H2,(H,15,16)(H,17,18). The smallest absolute Gasteiger partial charge is 0.334 e. The Morgan fingerprint density at radius 3 is 2.32 bits per heavy atom. The third-order valence-corrected chi connectivity index (χ3v) is 5.16. The lowest BCUT2D eigenvalue weighted by Crippen LogP contribution is -2.50. The second kappa shape index (κ2) is 4.52. The number of carbonyl (C=O) groups is 2. The Morgan fingerprint density at radius 1 is 1.21 bits per heavy atom. The van der Waals surface area contributed by atoms with Gasteiger partial charge in [0.05, 0.1) is 5.57 Å². The van der Waals surface area contributed by atoms with Crippen LogP contribution < -0.4 is 4.72 Å². The molecule has 6 heteroatoms. The molecule has 5 nitrogen and oxygen atoms in total. The Labute approximate surface area is 115 Å². The molecule has 3 N–H and O–H groups in total. The molecule has 0 bridgehead atoms. The van der Waals surface area contributed by atoms with Crippen molar-refractivity contribution in [2.75, 3.05) is 0 Å². The normalized spacial score (nSPS) is 30.7. The maximum Gasteiger partial charge on any atom is 0.334 e. The average Bonchev–Trinajstić information content (AvgIpc) is 3.20. The van der Waals surface area contributed by atoms with Crippen LogP contribution >= 0.6 is 11.9 Å². The van der Waals surface area contributed by atoms with Crippen molar-refractivity contribution in [1.29, 1.82) is 0 Å². The molecule has 2 fully saturated rings. The molecule has 19 heavy (non-hydrogen) atoms. The fourth-order valence-electron chi connectivity index (χ4n) is 2.66. The lowest BCUT2D eigenvalue weighted by Gasteiger charge is -2.25. The van der Waals surface area contributed by atoms with Gasteiger partial charge in [-0.3, -0.25) is 0 Å². The van der Waals surface area contributed by atoms with Crippen molar-refractivity contribution >= 4 is 23.9 Å². The first-order chi connectivity index (χ1) is 9.03. The van der Waals surface area contributed by atoms with E-state index in [0.717, 1.165) is 30.6 Å². The summed E-state index contributed by atoms with van der Waals surface area (Å²) in [4.78, 5) is 24.0. The zero-order valence-electron chi connectivity index (χ0n) is 10.5. The van der Waals surface area contributed by atoms with Gasteiger partial charge in [-0.15, -0.1) is 0 Å². The van der Waals surface area contributed by atoms with Crippen LogP contribution in [0.2, 0.25) is 0 Å². The summed E-state index contributed by atoms with van der Waals surface area (Å²) in [5, 5.41) is 19.0. The summed E-state index contributed by atoms with van der Waals surface area (Å²) in [7, 11) is 0. The second-order valence-electron chi connectivity index (χ2n) is 5.81. The average molecular weight is 283 g/mol. The predicted octanol–water partition coefficient (Wildman–Crippen LogP) is 2.00. The highest BCUT2D eigenvalue weighted by Gasteiger charge is 2.54. The molecule has 0 aromatic rings. The highest BCUT2D eigenvalue weighted by molar-refractivity contribution is 8.01. The van der Waals surface area contributed by atoms with Crippen molar-refractivity contribution in [1.82, 2.24) is 4.72 Å². The summed E-state index contributed by atoms with van der Waals surface area (Å²) in [5.74, 6) is -1.26. The van der Waals surface area contributed by atoms with Crippen LogP contribution in [0.25, 0.3) is 0 Å². The fraction of sp³-hybridized carbons (Fsp3) is 0.692. The van der Waals surface area contributed by atoms with Gasteiger partial charge in [0, 0.05) is 4.91 Å². The lowest BCUT2D eigenvalue weighted by molar-refractivity contribution is -0.146. The summed E-state index contributed by atoms with van der Waals surface area (Å²) in [6.07, 6.45) is 5.36. The van der Waals surface area contributed by atoms with Gasteiger partial charge in [-0.05, 0) is 49.5 Å². The van der Waals surface area contributed by atoms with E-state index in [9.17, 15) is 19.8 Å². The van der Waals surface area contributed by atoms with Crippen LogP contribution in [0.3, 0.4) is 0 Å². The van der Waals surface area contributed by atoms with E-state index in [2.05, 4.69) is 4.72 Å². The second-order valence-corrected chi connectivity index (χ2v) is 6.71. The molecule has 104 valence electrons. The van der Waals surface area contributed by atoms with Gasteiger partial charge in [-0.25, -0.2) is 14.3 Å². The molecule has 2 aliphatic carbocycles. The molecule has 1 atom stereocenters. The van der Waals surface area contributed by atoms with Crippen LogP contribution in [0.15, 0.2) is 10.5 Å². The molecule has 0 aromatic heterocycles. The van der Waals surface area contributed by atoms with Crippen LogP contribution in [0.1, 0.15) is 38.5 Å². The van der Waals surface area contributed by atoms with E-state index in [-0.39, 0.29) is 5.57 Å². The van der Waals surface area contributed by atoms with Gasteiger partial charge >= 0.3 is 11.9 Å². The van der Waals surface area contributed by atoms with Crippen LogP contribution in [-0.2, 0) is 9.59 Å². The molecule has 0 aromatic carbocycles. The van der Waals surface area contributed by atoms with Gasteiger partial charge in [0.1, 0.15) is 0 Å². The molecule has 1 unspecified atom stereocenters. The van der Waals surface area contributed by atoms with Crippen LogP contribution in [0.4, 0.5) is 0 Å². The number of nitrogens with one attached hydrogen (secondary N) is 1. The van der Waals surface area contributed by atoms with Gasteiger partial charge in [-0.1, -0.05) is 12.8 Å². The summed E-state index contributed by atoms with van der Waals surface area (Å²) in [6.45, 7) is 0. The number of allylic oxidation sites excluding steroid dienone is 1. The monoisotopic (exact) mass is 283 g/mol. The highest BCUT2D eigenvalue weighted by Crippen LogP contribution is 2.49. The number of aliphatic carboxylic acids is 2. The fourth-order valence-corrected chi connectivity index (χ4v) is 3.91. The van der Waals surface area contributed by atoms with Gasteiger partial charge in [0.15, 0.2) is 5.54 Å². The van der Waals surface area contributed by atoms with Crippen LogP contribution in [0, 0.1) is 11.8 Å². The Bertz CT molecular complexity index is 467. The van der Waals surface area contributed by atoms with Gasteiger partial charge in [0.2, 0.25) is 0 Å². The minimum atomic E-state index is -1.39. The molecule has 0 spiro atoms. The van der Waals surface area contributed by atoms with E-state index in [1.807, 2.05) is 0 Å². The van der Waals surface area contributed by atoms with Crippen molar-refractivity contribution < 1.29 is 19.8 Å². The number of hydrogen-bond acceptors (Lipinski definition) is 4. The van der Waals surface area contributed by atoms with Crippen LogP contribution in [-0.4, -0.2) is 27.7 Å². The predicted molar refractivity (Wildman–Crippen MR) is 70.4 cm³/mol. The zero-order valence-corrected chi connectivity index (χ0v) is 11.3. The van der Waals surface area contributed by atoms with Gasteiger partial charge < -0.3 is 10.2 Å². The molecule has 3 rings (SSSR count). The Morgan fingerprint density at radius 2 is 1.84 bits per heavy atom. The first kappa shape index (κ1) is 13.0. The molecule has 3 aliphatic rings. The van der Waals surface area contributed by atoms with Gasteiger partial charge in [-0.2, -0.15) is 0 Å². The van der Waals surface area contributed by atoms with E-state index in [1.54, 1.807) is 0 Å². The number of hydrogen-bond donors (Lipinski definition) is 3. The molecule has 1 heterocycles. The van der Waals surface area contributed by atoms with Crippen molar-refractivity contribution in [3.05, 3.63) is 10.5 Å². The number of carboxylic acids is 2. The summed E-state index contributed by atoms with van der Waals surface area (Å²) in [6, 6.07) is 0. The van der Waals surface area contributed by atoms with E-state index in [1.165, 1.54) is 11.9 Å². The number of carboxylic acid groups (broad SMARTS) is 2. The highest BCUT2D eigenvalue weighted by atomic mass is 32.2. The first-order valence-corrected chi connectivity index (χ1v) is 7.49. The van der Waals surface area contributed by atoms with E-state index in [0.29, 0.717) is 24.7 Å². The summed E-state index contributed by atoms with van der Waals surface area (Å²) >= 11 is 1.22. The molecule has 0 radical (unpaired) electrons. The third-order valence-electron chi connectivity index (χ3n) is 4.10. The summed E-state index contributed by atoms with van der Waals surface area (Å²) < 4.78 is 2.92. The van der Waals surface area contributed by atoms with Crippen molar-refractivity contribution in [2.24, 2.45) is 11.8 Å². The molecule has 2 saturated carbocycles. The van der Waals surface area contributed by atoms with Crippen molar-refractivity contribution in [2.45, 2.75) is 44.1 Å². The van der Waals surface area contributed by atoms with E-state index >= 15 is 0 Å². The van der Waals surface area contributed by atoms with Gasteiger partial charge in [0.25, 0.3) is 0 Å². The maximum atomic E-state index is 11.7. The molecule has 0 amide bonds. The molecular formula is C13H17NO4S. The maximum absolute atomic E-state index is 11.7. The van der Waals surface area contributed by atoms with Crippen LogP contribution in [0.5, 0.6) is 0 Å². The molecule has 1 aliphatic heterocycles. The molecular weight excluding hydrogens is 266 g/mol. The third kappa shape index (κ3) is 2.39. The van der Waals surface area contributed by atoms with Crippen molar-refractivity contribution in [3.63, 3.8) is 0 Å². The number of rotatable bonds is 6. The minimum absolute atomic E-state index is 0.0869. The summed E-state index contributed by atoms with van der Waals surface area (Å²) in [5.41, 5.74) is -1.30. The van der Waals surface area contributed by atoms with E-state index in [4.69, 9.17) is 0 Å². The largest absolute Gasteiger partial charge is 0.480 e. The van der Waals surface area contributed by atoms with E-state index < -0.39 is 17.5 Å². The quantitative estimate of drug-likeness (QED) is 0.646. The minimum Gasteiger partial charge on any atom is -0.480 e.